The largest absolute Gasteiger partial charge is 0.476 e. The predicted molar refractivity (Wildman–Crippen MR) is 78.6 cm³/mol. The average Bonchev–Trinajstić information content (AvgIpc) is 2.89. The van der Waals surface area contributed by atoms with Crippen molar-refractivity contribution in [2.75, 3.05) is 6.61 Å². The molecule has 0 fully saturated rings. The molecule has 0 bridgehead atoms. The molecule has 0 N–H and O–H groups in total. The first kappa shape index (κ1) is 14.8. The molecule has 0 saturated carbocycles. The molecule has 0 unspecified atom stereocenters. The first-order chi connectivity index (χ1) is 11.0. The minimum Gasteiger partial charge on any atom is -0.476 e. The minimum absolute atomic E-state index is 0.0303. The zero-order valence-electron chi connectivity index (χ0n) is 12.1. The Kier molecular flexibility index (Phi) is 3.83. The molecule has 2 heterocycles. The number of benzene rings is 1. The number of rotatable bonds is 5. The lowest BCUT2D eigenvalue weighted by molar-refractivity contribution is -0.384. The highest BCUT2D eigenvalue weighted by atomic mass is 19.1. The maximum absolute atomic E-state index is 13.4. The van der Waals surface area contributed by atoms with Gasteiger partial charge in [-0.2, -0.15) is 14.4 Å². The highest BCUT2D eigenvalue weighted by Crippen LogP contribution is 2.20. The molecule has 0 radical (unpaired) electrons. The van der Waals surface area contributed by atoms with Crippen LogP contribution in [0.1, 0.15) is 5.56 Å². The molecule has 0 spiro atoms. The van der Waals surface area contributed by atoms with Crippen LogP contribution in [0.5, 0.6) is 5.88 Å². The van der Waals surface area contributed by atoms with Crippen LogP contribution >= 0.6 is 0 Å². The van der Waals surface area contributed by atoms with Crippen LogP contribution in [0.4, 0.5) is 10.1 Å². The summed E-state index contributed by atoms with van der Waals surface area (Å²) < 4.78 is 20.5. The third kappa shape index (κ3) is 3.07. The summed E-state index contributed by atoms with van der Waals surface area (Å²) in [7, 11) is 1.70. The van der Waals surface area contributed by atoms with Crippen LogP contribution in [0, 0.1) is 16.2 Å². The van der Waals surface area contributed by atoms with E-state index in [1.54, 1.807) is 23.7 Å². The lowest BCUT2D eigenvalue weighted by Gasteiger charge is -2.06. The average molecular weight is 317 g/mol. The maximum Gasteiger partial charge on any atom is 0.314 e. The molecule has 3 rings (SSSR count). The number of nitro benzene ring substituents is 1. The van der Waals surface area contributed by atoms with Gasteiger partial charge in [-0.1, -0.05) is 12.1 Å². The van der Waals surface area contributed by atoms with Crippen molar-refractivity contribution in [2.45, 2.75) is 6.42 Å². The summed E-state index contributed by atoms with van der Waals surface area (Å²) in [5, 5.41) is 10.6. The lowest BCUT2D eigenvalue weighted by Crippen LogP contribution is -2.05. The zero-order valence-corrected chi connectivity index (χ0v) is 12.1. The van der Waals surface area contributed by atoms with E-state index in [2.05, 4.69) is 15.0 Å². The summed E-state index contributed by atoms with van der Waals surface area (Å²) in [6.45, 7) is 0.236. The number of aromatic nitrogens is 4. The number of hydrogen-bond donors (Lipinski definition) is 0. The molecule has 2 aromatic heterocycles. The van der Waals surface area contributed by atoms with Gasteiger partial charge in [-0.25, -0.2) is 4.98 Å². The number of non-ortho nitro benzene ring substituents is 1. The Morgan fingerprint density at radius 2 is 2.04 bits per heavy atom. The Hall–Kier alpha value is -3.10. The van der Waals surface area contributed by atoms with Crippen molar-refractivity contribution in [3.8, 4) is 5.88 Å². The number of nitrogens with zero attached hydrogens (tertiary/aromatic N) is 5. The fourth-order valence-electron chi connectivity index (χ4n) is 2.11. The van der Waals surface area contributed by atoms with Crippen LogP contribution in [0.15, 0.2) is 30.6 Å². The Morgan fingerprint density at radius 1 is 1.30 bits per heavy atom. The van der Waals surface area contributed by atoms with E-state index in [1.807, 2.05) is 0 Å². The molecule has 0 atom stereocenters. The SMILES string of the molecule is Cn1cnc2c(OCCc3ccc([N+](=O)[O-])cc3)nc(F)nc21. The Bertz CT molecular complexity index is 863. The molecule has 8 nitrogen and oxygen atoms in total. The van der Waals surface area contributed by atoms with Gasteiger partial charge < -0.3 is 9.30 Å². The van der Waals surface area contributed by atoms with Crippen molar-refractivity contribution in [1.82, 2.24) is 19.5 Å². The van der Waals surface area contributed by atoms with E-state index in [4.69, 9.17) is 4.74 Å². The van der Waals surface area contributed by atoms with Crippen LogP contribution in [0.3, 0.4) is 0 Å². The second-order valence-electron chi connectivity index (χ2n) is 4.85. The molecular weight excluding hydrogens is 305 g/mol. The second kappa shape index (κ2) is 5.95. The van der Waals surface area contributed by atoms with Gasteiger partial charge in [0, 0.05) is 25.6 Å². The van der Waals surface area contributed by atoms with Crippen LogP contribution < -0.4 is 4.74 Å². The van der Waals surface area contributed by atoms with Gasteiger partial charge in [0.1, 0.15) is 0 Å². The Morgan fingerprint density at radius 3 is 2.74 bits per heavy atom. The van der Waals surface area contributed by atoms with Gasteiger partial charge in [0.25, 0.3) is 5.69 Å². The van der Waals surface area contributed by atoms with Crippen molar-refractivity contribution in [1.29, 1.82) is 0 Å². The lowest BCUT2D eigenvalue weighted by atomic mass is 10.1. The smallest absolute Gasteiger partial charge is 0.314 e. The highest BCUT2D eigenvalue weighted by molar-refractivity contribution is 5.75. The van der Waals surface area contributed by atoms with E-state index in [0.29, 0.717) is 17.6 Å². The van der Waals surface area contributed by atoms with Gasteiger partial charge in [0.2, 0.25) is 5.88 Å². The summed E-state index contributed by atoms with van der Waals surface area (Å²) in [6, 6.07) is 6.16. The van der Waals surface area contributed by atoms with Gasteiger partial charge in [-0.3, -0.25) is 10.1 Å². The van der Waals surface area contributed by atoms with E-state index in [-0.39, 0.29) is 18.2 Å². The number of imidazole rings is 1. The topological polar surface area (TPSA) is 96.0 Å². The summed E-state index contributed by atoms with van der Waals surface area (Å²) in [5.74, 6) is 0.0787. The van der Waals surface area contributed by atoms with E-state index in [1.165, 1.54) is 18.5 Å². The monoisotopic (exact) mass is 317 g/mol. The fraction of sp³-hybridized carbons (Fsp3) is 0.214. The number of hydrogen-bond acceptors (Lipinski definition) is 6. The molecule has 118 valence electrons. The van der Waals surface area contributed by atoms with Crippen LogP contribution in [-0.2, 0) is 13.5 Å². The normalized spacial score (nSPS) is 10.9. The van der Waals surface area contributed by atoms with Crippen molar-refractivity contribution >= 4 is 16.9 Å². The summed E-state index contributed by atoms with van der Waals surface area (Å²) in [5.41, 5.74) is 1.63. The van der Waals surface area contributed by atoms with Crippen molar-refractivity contribution in [3.63, 3.8) is 0 Å². The Labute approximate surface area is 129 Å². The second-order valence-corrected chi connectivity index (χ2v) is 4.85. The van der Waals surface area contributed by atoms with Crippen LogP contribution in [0.2, 0.25) is 0 Å². The highest BCUT2D eigenvalue weighted by Gasteiger charge is 2.13. The summed E-state index contributed by atoms with van der Waals surface area (Å²) >= 11 is 0. The van der Waals surface area contributed by atoms with Crippen LogP contribution in [0.25, 0.3) is 11.2 Å². The zero-order chi connectivity index (χ0) is 16.4. The first-order valence-electron chi connectivity index (χ1n) is 6.75. The van der Waals surface area contributed by atoms with Crippen molar-refractivity contribution in [2.24, 2.45) is 7.05 Å². The molecule has 0 aliphatic carbocycles. The van der Waals surface area contributed by atoms with Gasteiger partial charge in [0.05, 0.1) is 17.9 Å². The minimum atomic E-state index is -0.883. The quantitative estimate of drug-likeness (QED) is 0.406. The Balaban J connectivity index is 1.70. The molecule has 23 heavy (non-hydrogen) atoms. The predicted octanol–water partition coefficient (Wildman–Crippen LogP) is 2.03. The molecule has 0 saturated heterocycles. The van der Waals surface area contributed by atoms with E-state index in [9.17, 15) is 14.5 Å². The molecule has 0 amide bonds. The van der Waals surface area contributed by atoms with Crippen molar-refractivity contribution < 1.29 is 14.1 Å². The number of fused-ring (bicyclic) bond motifs is 1. The molecule has 9 heteroatoms. The van der Waals surface area contributed by atoms with Gasteiger partial charge in [0.15, 0.2) is 11.2 Å². The molecular formula is C14H12FN5O3. The third-order valence-corrected chi connectivity index (χ3v) is 3.28. The summed E-state index contributed by atoms with van der Waals surface area (Å²) in [4.78, 5) is 21.5. The molecule has 1 aromatic carbocycles. The maximum atomic E-state index is 13.4. The van der Waals surface area contributed by atoms with Crippen molar-refractivity contribution in [3.05, 3.63) is 52.3 Å². The fourth-order valence-corrected chi connectivity index (χ4v) is 2.11. The molecule has 3 aromatic rings. The van der Waals surface area contributed by atoms with Gasteiger partial charge in [-0.15, -0.1) is 0 Å². The third-order valence-electron chi connectivity index (χ3n) is 3.28. The van der Waals surface area contributed by atoms with Gasteiger partial charge in [-0.05, 0) is 5.56 Å². The van der Waals surface area contributed by atoms with Crippen LogP contribution in [-0.4, -0.2) is 31.0 Å². The van der Waals surface area contributed by atoms with E-state index in [0.717, 1.165) is 5.56 Å². The summed E-state index contributed by atoms with van der Waals surface area (Å²) in [6.07, 6.45) is 1.12. The number of nitro groups is 1. The number of ether oxygens (including phenoxy) is 1. The standard InChI is InChI=1S/C14H12FN5O3/c1-19-8-16-11-12(19)17-14(15)18-13(11)23-7-6-9-2-4-10(5-3-9)20(21)22/h2-5,8H,6-7H2,1H3. The first-order valence-corrected chi connectivity index (χ1v) is 6.75. The van der Waals surface area contributed by atoms with E-state index >= 15 is 0 Å². The molecule has 0 aliphatic heterocycles. The van der Waals surface area contributed by atoms with Gasteiger partial charge >= 0.3 is 6.08 Å². The number of halogens is 1. The van der Waals surface area contributed by atoms with E-state index < -0.39 is 11.0 Å². The number of aryl methyl sites for hydroxylation is 1. The molecule has 0 aliphatic rings.